The lowest BCUT2D eigenvalue weighted by Crippen LogP contribution is -2.47. The van der Waals surface area contributed by atoms with Crippen molar-refractivity contribution in [3.63, 3.8) is 0 Å². The molecular formula is C12H20N2O2S. The number of rotatable bonds is 6. The maximum absolute atomic E-state index is 11.6. The van der Waals surface area contributed by atoms with Crippen molar-refractivity contribution in [1.82, 2.24) is 10.2 Å². The predicted octanol–water partition coefficient (Wildman–Crippen LogP) is 0.719. The molecule has 2 N–H and O–H groups in total. The zero-order chi connectivity index (χ0) is 12.9. The van der Waals surface area contributed by atoms with Gasteiger partial charge in [-0.3, -0.25) is 4.79 Å². The molecule has 5 heteroatoms. The van der Waals surface area contributed by atoms with Crippen molar-refractivity contribution in [3.05, 3.63) is 22.4 Å². The Hall–Kier alpha value is -0.910. The highest BCUT2D eigenvalue weighted by Crippen LogP contribution is 2.09. The van der Waals surface area contributed by atoms with E-state index in [1.54, 1.807) is 18.3 Å². The predicted molar refractivity (Wildman–Crippen MR) is 70.2 cm³/mol. The van der Waals surface area contributed by atoms with Gasteiger partial charge in [0.25, 0.3) is 0 Å². The molecule has 0 aromatic carbocycles. The second kappa shape index (κ2) is 6.14. The summed E-state index contributed by atoms with van der Waals surface area (Å²) in [7, 11) is 3.78. The van der Waals surface area contributed by atoms with E-state index in [-0.39, 0.29) is 12.5 Å². The molecule has 0 saturated heterocycles. The highest BCUT2D eigenvalue weighted by atomic mass is 32.1. The highest BCUT2D eigenvalue weighted by Gasteiger charge is 2.21. The topological polar surface area (TPSA) is 52.6 Å². The van der Waals surface area contributed by atoms with Crippen molar-refractivity contribution >= 4 is 17.2 Å². The van der Waals surface area contributed by atoms with Crippen LogP contribution in [0.3, 0.4) is 0 Å². The van der Waals surface area contributed by atoms with Crippen molar-refractivity contribution in [2.45, 2.75) is 18.9 Å². The molecule has 0 aliphatic rings. The Balaban J connectivity index is 2.32. The average molecular weight is 256 g/mol. The van der Waals surface area contributed by atoms with Crippen LogP contribution in [0.1, 0.15) is 11.8 Å². The second-order valence-corrected chi connectivity index (χ2v) is 5.80. The Kier molecular flexibility index (Phi) is 5.11. The summed E-state index contributed by atoms with van der Waals surface area (Å²) >= 11 is 1.56. The third-order valence-corrected chi connectivity index (χ3v) is 3.11. The van der Waals surface area contributed by atoms with Gasteiger partial charge in [0.05, 0.1) is 12.0 Å². The van der Waals surface area contributed by atoms with Crippen LogP contribution >= 0.6 is 11.3 Å². The van der Waals surface area contributed by atoms with Crippen LogP contribution in [0.15, 0.2) is 17.5 Å². The molecule has 0 aliphatic heterocycles. The summed E-state index contributed by atoms with van der Waals surface area (Å²) < 4.78 is 0. The monoisotopic (exact) mass is 256 g/mol. The second-order valence-electron chi connectivity index (χ2n) is 4.77. The maximum Gasteiger partial charge on any atom is 0.225 e. The largest absolute Gasteiger partial charge is 0.387 e. The van der Waals surface area contributed by atoms with Crippen LogP contribution in [0.4, 0.5) is 0 Å². The molecule has 1 amide bonds. The number of carbonyl (C=O) groups is 1. The van der Waals surface area contributed by atoms with Gasteiger partial charge >= 0.3 is 0 Å². The molecular weight excluding hydrogens is 236 g/mol. The third kappa shape index (κ3) is 5.81. The lowest BCUT2D eigenvalue weighted by Gasteiger charge is -2.27. The first-order valence-corrected chi connectivity index (χ1v) is 6.43. The fraction of sp³-hybridized carbons (Fsp3) is 0.583. The van der Waals surface area contributed by atoms with Gasteiger partial charge in [-0.2, -0.15) is 0 Å². The van der Waals surface area contributed by atoms with Gasteiger partial charge in [0.1, 0.15) is 0 Å². The Bertz CT molecular complexity index is 347. The molecule has 0 fully saturated rings. The average Bonchev–Trinajstić information content (AvgIpc) is 2.65. The van der Waals surface area contributed by atoms with Crippen LogP contribution in [0.2, 0.25) is 0 Å². The van der Waals surface area contributed by atoms with Gasteiger partial charge in [0.2, 0.25) is 5.91 Å². The molecule has 1 aromatic rings. The highest BCUT2D eigenvalue weighted by molar-refractivity contribution is 7.10. The molecule has 1 heterocycles. The van der Waals surface area contributed by atoms with E-state index in [0.717, 1.165) is 4.88 Å². The molecule has 1 aromatic heterocycles. The summed E-state index contributed by atoms with van der Waals surface area (Å²) in [5.41, 5.74) is -0.894. The normalized spacial score (nSPS) is 14.6. The van der Waals surface area contributed by atoms with Crippen LogP contribution in [0.25, 0.3) is 0 Å². The minimum atomic E-state index is -0.894. The fourth-order valence-electron chi connectivity index (χ4n) is 1.66. The minimum Gasteiger partial charge on any atom is -0.387 e. The molecule has 0 spiro atoms. The van der Waals surface area contributed by atoms with E-state index in [1.165, 1.54) is 0 Å². The van der Waals surface area contributed by atoms with E-state index in [0.29, 0.717) is 13.0 Å². The van der Waals surface area contributed by atoms with Crippen LogP contribution < -0.4 is 5.32 Å². The number of nitrogens with one attached hydrogen (secondary N) is 1. The first kappa shape index (κ1) is 14.2. The number of carbonyl (C=O) groups excluding carboxylic acids is 1. The summed E-state index contributed by atoms with van der Waals surface area (Å²) in [6, 6.07) is 3.86. The third-order valence-electron chi connectivity index (χ3n) is 2.24. The lowest BCUT2D eigenvalue weighted by molar-refractivity contribution is -0.121. The lowest BCUT2D eigenvalue weighted by atomic mass is 10.1. The Labute approximate surface area is 106 Å². The van der Waals surface area contributed by atoms with Crippen molar-refractivity contribution in [3.8, 4) is 0 Å². The van der Waals surface area contributed by atoms with Crippen LogP contribution in [-0.2, 0) is 11.2 Å². The fourth-order valence-corrected chi connectivity index (χ4v) is 2.36. The minimum absolute atomic E-state index is 0.0496. The summed E-state index contributed by atoms with van der Waals surface area (Å²) in [5.74, 6) is -0.0496. The van der Waals surface area contributed by atoms with Gasteiger partial charge in [-0.15, -0.1) is 11.3 Å². The number of likely N-dealkylation sites (N-methyl/N-ethyl adjacent to an activating group) is 1. The molecule has 96 valence electrons. The van der Waals surface area contributed by atoms with E-state index in [4.69, 9.17) is 0 Å². The summed E-state index contributed by atoms with van der Waals surface area (Å²) in [4.78, 5) is 14.5. The van der Waals surface area contributed by atoms with Crippen LogP contribution in [-0.4, -0.2) is 48.7 Å². The van der Waals surface area contributed by atoms with Crippen LogP contribution in [0.5, 0.6) is 0 Å². The van der Waals surface area contributed by atoms with Gasteiger partial charge in [-0.1, -0.05) is 6.07 Å². The van der Waals surface area contributed by atoms with Crippen LogP contribution in [0, 0.1) is 0 Å². The van der Waals surface area contributed by atoms with E-state index in [2.05, 4.69) is 5.32 Å². The smallest absolute Gasteiger partial charge is 0.225 e. The quantitative estimate of drug-likeness (QED) is 0.788. The molecule has 1 unspecified atom stereocenters. The van der Waals surface area contributed by atoms with Crippen molar-refractivity contribution in [2.24, 2.45) is 0 Å². The molecule has 0 bridgehead atoms. The molecule has 1 rings (SSSR count). The number of nitrogens with zero attached hydrogens (tertiary/aromatic N) is 1. The van der Waals surface area contributed by atoms with Crippen molar-refractivity contribution in [1.29, 1.82) is 0 Å². The molecule has 17 heavy (non-hydrogen) atoms. The summed E-state index contributed by atoms with van der Waals surface area (Å²) in [6.07, 6.45) is 0.385. The van der Waals surface area contributed by atoms with Crippen molar-refractivity contribution < 1.29 is 9.90 Å². The number of aliphatic hydroxyl groups is 1. The Morgan fingerprint density at radius 3 is 2.82 bits per heavy atom. The SMILES string of the molecule is CN(C)CC(C)(O)CNC(=O)Cc1cccs1. The van der Waals surface area contributed by atoms with E-state index >= 15 is 0 Å². The Morgan fingerprint density at radius 2 is 2.29 bits per heavy atom. The van der Waals surface area contributed by atoms with E-state index in [1.807, 2.05) is 36.5 Å². The van der Waals surface area contributed by atoms with Gasteiger partial charge in [-0.05, 0) is 32.5 Å². The zero-order valence-electron chi connectivity index (χ0n) is 10.6. The first-order valence-electron chi connectivity index (χ1n) is 5.55. The molecule has 1 atom stereocenters. The van der Waals surface area contributed by atoms with Gasteiger partial charge < -0.3 is 15.3 Å². The number of hydrogen-bond acceptors (Lipinski definition) is 4. The first-order chi connectivity index (χ1) is 7.89. The van der Waals surface area contributed by atoms with E-state index < -0.39 is 5.60 Å². The van der Waals surface area contributed by atoms with Gasteiger partial charge in [0, 0.05) is 18.0 Å². The summed E-state index contributed by atoms with van der Waals surface area (Å²) in [6.45, 7) is 2.51. The molecule has 0 aliphatic carbocycles. The van der Waals surface area contributed by atoms with Gasteiger partial charge in [-0.25, -0.2) is 0 Å². The molecule has 0 radical (unpaired) electrons. The number of thiophene rings is 1. The Morgan fingerprint density at radius 1 is 1.59 bits per heavy atom. The molecule has 4 nitrogen and oxygen atoms in total. The maximum atomic E-state index is 11.6. The number of amides is 1. The number of hydrogen-bond donors (Lipinski definition) is 2. The standard InChI is InChI=1S/C12H20N2O2S/c1-12(16,9-14(2)3)8-13-11(15)7-10-5-4-6-17-10/h4-6,16H,7-9H2,1-3H3,(H,13,15). The van der Waals surface area contributed by atoms with Crippen molar-refractivity contribution in [2.75, 3.05) is 27.2 Å². The van der Waals surface area contributed by atoms with E-state index in [9.17, 15) is 9.90 Å². The summed E-state index contributed by atoms with van der Waals surface area (Å²) in [5, 5.41) is 14.7. The zero-order valence-corrected chi connectivity index (χ0v) is 11.4. The van der Waals surface area contributed by atoms with Gasteiger partial charge in [0.15, 0.2) is 0 Å². The molecule has 0 saturated carbocycles.